The van der Waals surface area contributed by atoms with E-state index in [-0.39, 0.29) is 0 Å². The molecule has 1 aliphatic rings. The number of nitrogens with two attached hydrogens (primary N) is 1. The Morgan fingerprint density at radius 3 is 2.53 bits per heavy atom. The maximum Gasteiger partial charge on any atom is 0.0678 e. The van der Waals surface area contributed by atoms with Crippen molar-refractivity contribution in [1.82, 2.24) is 4.90 Å². The molecule has 1 fully saturated rings. The van der Waals surface area contributed by atoms with Gasteiger partial charge in [-0.05, 0) is 32.5 Å². The summed E-state index contributed by atoms with van der Waals surface area (Å²) in [7, 11) is 0. The molecule has 0 aromatic heterocycles. The van der Waals surface area contributed by atoms with Crippen LogP contribution in [0, 0.1) is 0 Å². The number of ether oxygens (including phenoxy) is 1. The summed E-state index contributed by atoms with van der Waals surface area (Å²) in [6.07, 6.45) is 6.52. The zero-order valence-electron chi connectivity index (χ0n) is 9.94. The third-order valence-electron chi connectivity index (χ3n) is 2.50. The van der Waals surface area contributed by atoms with Gasteiger partial charge in [-0.15, -0.1) is 0 Å². The molecule has 1 heterocycles. The summed E-state index contributed by atoms with van der Waals surface area (Å²) < 4.78 is 5.67. The van der Waals surface area contributed by atoms with Crippen molar-refractivity contribution in [3.05, 3.63) is 23.9 Å². The van der Waals surface area contributed by atoms with Gasteiger partial charge in [0.15, 0.2) is 0 Å². The lowest BCUT2D eigenvalue weighted by molar-refractivity contribution is -0.0646. The summed E-state index contributed by atoms with van der Waals surface area (Å²) in [6, 6.07) is 0. The minimum absolute atomic E-state index is 0.341. The molecule has 1 saturated heterocycles. The average Bonchev–Trinajstić information content (AvgIpc) is 2.16. The molecule has 2 unspecified atom stereocenters. The predicted molar refractivity (Wildman–Crippen MR) is 63.5 cm³/mol. The molecule has 0 amide bonds. The fourth-order valence-corrected chi connectivity index (χ4v) is 1.88. The van der Waals surface area contributed by atoms with E-state index in [1.54, 1.807) is 6.20 Å². The monoisotopic (exact) mass is 210 g/mol. The summed E-state index contributed by atoms with van der Waals surface area (Å²) in [5.74, 6) is 0. The molecule has 2 atom stereocenters. The number of allylic oxidation sites excluding steroid dienone is 2. The Morgan fingerprint density at radius 1 is 1.40 bits per heavy atom. The van der Waals surface area contributed by atoms with E-state index in [9.17, 15) is 0 Å². The molecule has 0 aromatic carbocycles. The van der Waals surface area contributed by atoms with Gasteiger partial charge < -0.3 is 10.5 Å². The maximum atomic E-state index is 5.67. The Kier molecular flexibility index (Phi) is 4.85. The van der Waals surface area contributed by atoms with Crippen molar-refractivity contribution >= 4 is 0 Å². The molecule has 0 bridgehead atoms. The first kappa shape index (κ1) is 12.3. The molecular weight excluding hydrogens is 188 g/mol. The van der Waals surface area contributed by atoms with E-state index in [1.807, 2.05) is 6.92 Å². The molecule has 86 valence electrons. The van der Waals surface area contributed by atoms with E-state index in [4.69, 9.17) is 10.5 Å². The second-order valence-corrected chi connectivity index (χ2v) is 4.29. The van der Waals surface area contributed by atoms with Gasteiger partial charge in [0.2, 0.25) is 0 Å². The fourth-order valence-electron chi connectivity index (χ4n) is 1.88. The topological polar surface area (TPSA) is 38.5 Å². The van der Waals surface area contributed by atoms with E-state index >= 15 is 0 Å². The van der Waals surface area contributed by atoms with Crippen LogP contribution >= 0.6 is 0 Å². The van der Waals surface area contributed by atoms with E-state index < -0.39 is 0 Å². The van der Waals surface area contributed by atoms with Crippen molar-refractivity contribution < 1.29 is 4.74 Å². The largest absolute Gasteiger partial charge is 0.404 e. The second-order valence-electron chi connectivity index (χ2n) is 4.29. The van der Waals surface area contributed by atoms with E-state index in [1.165, 1.54) is 0 Å². The number of hydrogen-bond donors (Lipinski definition) is 1. The van der Waals surface area contributed by atoms with Crippen LogP contribution in [0.5, 0.6) is 0 Å². The summed E-state index contributed by atoms with van der Waals surface area (Å²) in [5.41, 5.74) is 6.49. The third-order valence-corrected chi connectivity index (χ3v) is 2.50. The molecule has 0 aromatic rings. The van der Waals surface area contributed by atoms with Crippen LogP contribution in [-0.2, 0) is 4.74 Å². The predicted octanol–water partition coefficient (Wildman–Crippen LogP) is 1.51. The molecule has 2 N–H and O–H groups in total. The van der Waals surface area contributed by atoms with Crippen LogP contribution in [0.25, 0.3) is 0 Å². The Bertz CT molecular complexity index is 238. The van der Waals surface area contributed by atoms with Crippen LogP contribution in [0.15, 0.2) is 23.9 Å². The molecule has 1 aliphatic heterocycles. The second kappa shape index (κ2) is 5.93. The summed E-state index contributed by atoms with van der Waals surface area (Å²) in [5, 5.41) is 0. The summed E-state index contributed by atoms with van der Waals surface area (Å²) in [4.78, 5) is 2.40. The number of morpholine rings is 1. The lowest BCUT2D eigenvalue weighted by atomic mass is 10.2. The smallest absolute Gasteiger partial charge is 0.0678 e. The van der Waals surface area contributed by atoms with Crippen LogP contribution in [0.4, 0.5) is 0 Å². The maximum absolute atomic E-state index is 5.67. The van der Waals surface area contributed by atoms with Gasteiger partial charge in [-0.3, -0.25) is 4.90 Å². The van der Waals surface area contributed by atoms with Crippen molar-refractivity contribution in [3.63, 3.8) is 0 Å². The van der Waals surface area contributed by atoms with Crippen LogP contribution in [0.1, 0.15) is 20.8 Å². The Balaban J connectivity index is 2.35. The van der Waals surface area contributed by atoms with E-state index in [0.717, 1.165) is 25.2 Å². The molecular formula is C12H22N2O. The van der Waals surface area contributed by atoms with E-state index in [0.29, 0.717) is 12.2 Å². The minimum atomic E-state index is 0.341. The molecule has 1 rings (SSSR count). The highest BCUT2D eigenvalue weighted by Gasteiger charge is 2.20. The zero-order valence-corrected chi connectivity index (χ0v) is 9.94. The van der Waals surface area contributed by atoms with Crippen LogP contribution < -0.4 is 5.73 Å². The molecule has 3 heteroatoms. The molecule has 0 radical (unpaired) electrons. The highest BCUT2D eigenvalue weighted by Crippen LogP contribution is 2.10. The SMILES string of the molecule is CC(/C=C\CN1CC(C)OC(C)C1)=C/N. The van der Waals surface area contributed by atoms with Gasteiger partial charge in [0.25, 0.3) is 0 Å². The molecule has 3 nitrogen and oxygen atoms in total. The lowest BCUT2D eigenvalue weighted by Crippen LogP contribution is -2.45. The van der Waals surface area contributed by atoms with Gasteiger partial charge in [-0.25, -0.2) is 0 Å². The normalized spacial score (nSPS) is 29.9. The third kappa shape index (κ3) is 4.49. The van der Waals surface area contributed by atoms with Crippen LogP contribution in [-0.4, -0.2) is 36.7 Å². The molecule has 15 heavy (non-hydrogen) atoms. The van der Waals surface area contributed by atoms with Gasteiger partial charge in [0.05, 0.1) is 12.2 Å². The van der Waals surface area contributed by atoms with Crippen molar-refractivity contribution in [1.29, 1.82) is 0 Å². The average molecular weight is 210 g/mol. The fraction of sp³-hybridized carbons (Fsp3) is 0.667. The van der Waals surface area contributed by atoms with Gasteiger partial charge in [-0.2, -0.15) is 0 Å². The quantitative estimate of drug-likeness (QED) is 0.718. The summed E-state index contributed by atoms with van der Waals surface area (Å²) in [6.45, 7) is 9.25. The molecule has 0 spiro atoms. The van der Waals surface area contributed by atoms with Gasteiger partial charge in [0, 0.05) is 19.6 Å². The first-order valence-corrected chi connectivity index (χ1v) is 5.54. The van der Waals surface area contributed by atoms with Crippen LogP contribution in [0.2, 0.25) is 0 Å². The number of hydrogen-bond acceptors (Lipinski definition) is 3. The highest BCUT2D eigenvalue weighted by atomic mass is 16.5. The van der Waals surface area contributed by atoms with E-state index in [2.05, 4.69) is 30.9 Å². The first-order chi connectivity index (χ1) is 7.11. The Labute approximate surface area is 92.6 Å². The summed E-state index contributed by atoms with van der Waals surface area (Å²) >= 11 is 0. The molecule has 0 saturated carbocycles. The highest BCUT2D eigenvalue weighted by molar-refractivity contribution is 5.14. The standard InChI is InChI=1S/C12H22N2O/c1-10(7-13)5-4-6-14-8-11(2)15-12(3)9-14/h4-5,7,11-12H,6,8-9,13H2,1-3H3/b5-4-,10-7-. The van der Waals surface area contributed by atoms with Gasteiger partial charge in [0.1, 0.15) is 0 Å². The van der Waals surface area contributed by atoms with Crippen LogP contribution in [0.3, 0.4) is 0 Å². The van der Waals surface area contributed by atoms with Crippen molar-refractivity contribution in [3.8, 4) is 0 Å². The Hall–Kier alpha value is -0.800. The number of nitrogens with zero attached hydrogens (tertiary/aromatic N) is 1. The Morgan fingerprint density at radius 2 is 2.00 bits per heavy atom. The first-order valence-electron chi connectivity index (χ1n) is 5.54. The number of rotatable bonds is 3. The zero-order chi connectivity index (χ0) is 11.3. The van der Waals surface area contributed by atoms with Gasteiger partial charge in [-0.1, -0.05) is 12.2 Å². The van der Waals surface area contributed by atoms with Crippen molar-refractivity contribution in [2.24, 2.45) is 5.73 Å². The molecule has 0 aliphatic carbocycles. The van der Waals surface area contributed by atoms with Crippen molar-refractivity contribution in [2.45, 2.75) is 33.0 Å². The minimum Gasteiger partial charge on any atom is -0.404 e. The van der Waals surface area contributed by atoms with Crippen molar-refractivity contribution in [2.75, 3.05) is 19.6 Å². The van der Waals surface area contributed by atoms with Gasteiger partial charge >= 0.3 is 0 Å². The lowest BCUT2D eigenvalue weighted by Gasteiger charge is -2.34.